The maximum atomic E-state index is 13.2. The molecule has 5 aromatic rings. The highest BCUT2D eigenvalue weighted by atomic mass is 32.1. The topological polar surface area (TPSA) is 106 Å². The molecule has 186 valence electrons. The largest absolute Gasteiger partial charge is 0.497 e. The Morgan fingerprint density at radius 3 is 2.51 bits per heavy atom. The molecule has 2 N–H and O–H groups in total. The molecule has 9 heteroatoms. The number of thiazole rings is 1. The summed E-state index contributed by atoms with van der Waals surface area (Å²) in [5.41, 5.74) is 4.21. The molecule has 0 bridgehead atoms. The molecule has 1 atom stereocenters. The fraction of sp³-hybridized carbons (Fsp3) is 0.143. The van der Waals surface area contributed by atoms with Crippen molar-refractivity contribution in [2.24, 2.45) is 0 Å². The Morgan fingerprint density at radius 1 is 1.00 bits per heavy atom. The maximum Gasteiger partial charge on any atom is 0.339 e. The smallest absolute Gasteiger partial charge is 0.339 e. The van der Waals surface area contributed by atoms with Gasteiger partial charge in [0.05, 0.1) is 29.4 Å². The van der Waals surface area contributed by atoms with Gasteiger partial charge in [-0.05, 0) is 48.9 Å². The van der Waals surface area contributed by atoms with Gasteiger partial charge in [0.2, 0.25) is 0 Å². The van der Waals surface area contributed by atoms with Crippen molar-refractivity contribution in [1.82, 2.24) is 15.0 Å². The van der Waals surface area contributed by atoms with Crippen molar-refractivity contribution in [1.29, 1.82) is 0 Å². The van der Waals surface area contributed by atoms with E-state index in [0.29, 0.717) is 28.5 Å². The molecule has 0 radical (unpaired) electrons. The minimum atomic E-state index is -0.982. The highest BCUT2D eigenvalue weighted by molar-refractivity contribution is 7.14. The standard InChI is InChI=1S/C28H24N4O4S/c1-3-24(26(33)32-28-31-23(16-37-28)17-12-14-18(35-2)15-13-17)36-27(34)20-9-5-4-8-19(20)25-29-21-10-6-7-11-22(21)30-25/h4-16,24H,3H2,1-2H3,(H,29,30)(H,31,32,33). The number of hydrogen-bond donors (Lipinski definition) is 2. The van der Waals surface area contributed by atoms with Crippen molar-refractivity contribution in [2.45, 2.75) is 19.4 Å². The fourth-order valence-corrected chi connectivity index (χ4v) is 4.60. The van der Waals surface area contributed by atoms with Crippen LogP contribution in [-0.4, -0.2) is 40.0 Å². The summed E-state index contributed by atoms with van der Waals surface area (Å²) in [6.07, 6.45) is -0.675. The number of nitrogens with zero attached hydrogens (tertiary/aromatic N) is 2. The number of imidazole rings is 1. The van der Waals surface area contributed by atoms with E-state index in [1.165, 1.54) is 11.3 Å². The summed E-state index contributed by atoms with van der Waals surface area (Å²) in [7, 11) is 1.61. The Balaban J connectivity index is 1.30. The van der Waals surface area contributed by atoms with Gasteiger partial charge in [-0.1, -0.05) is 37.3 Å². The fourth-order valence-electron chi connectivity index (χ4n) is 3.87. The Labute approximate surface area is 217 Å². The summed E-state index contributed by atoms with van der Waals surface area (Å²) < 4.78 is 10.8. The Bertz CT molecular complexity index is 1530. The van der Waals surface area contributed by atoms with Gasteiger partial charge in [0.15, 0.2) is 11.2 Å². The van der Waals surface area contributed by atoms with Crippen molar-refractivity contribution in [3.05, 3.63) is 83.7 Å². The zero-order valence-corrected chi connectivity index (χ0v) is 21.0. The number of fused-ring (bicyclic) bond motifs is 1. The molecule has 2 heterocycles. The van der Waals surface area contributed by atoms with Gasteiger partial charge in [0.1, 0.15) is 11.6 Å². The minimum absolute atomic E-state index is 0.307. The van der Waals surface area contributed by atoms with Crippen LogP contribution in [0.4, 0.5) is 5.13 Å². The summed E-state index contributed by atoms with van der Waals surface area (Å²) in [6, 6.07) is 22.2. The predicted octanol–water partition coefficient (Wildman–Crippen LogP) is 5.94. The van der Waals surface area contributed by atoms with E-state index >= 15 is 0 Å². The Morgan fingerprint density at radius 2 is 1.76 bits per heavy atom. The van der Waals surface area contributed by atoms with E-state index in [-0.39, 0.29) is 0 Å². The first-order valence-electron chi connectivity index (χ1n) is 11.7. The quantitative estimate of drug-likeness (QED) is 0.249. The number of rotatable bonds is 8. The first-order chi connectivity index (χ1) is 18.1. The Hall–Kier alpha value is -4.50. The van der Waals surface area contributed by atoms with E-state index in [9.17, 15) is 9.59 Å². The van der Waals surface area contributed by atoms with Crippen LogP contribution in [0, 0.1) is 0 Å². The van der Waals surface area contributed by atoms with Gasteiger partial charge in [-0.2, -0.15) is 0 Å². The van der Waals surface area contributed by atoms with Crippen LogP contribution in [0.2, 0.25) is 0 Å². The summed E-state index contributed by atoms with van der Waals surface area (Å²) >= 11 is 1.30. The number of ether oxygens (including phenoxy) is 2. The second kappa shape index (κ2) is 10.6. The number of nitrogens with one attached hydrogen (secondary N) is 2. The van der Waals surface area contributed by atoms with Gasteiger partial charge >= 0.3 is 5.97 Å². The number of aromatic amines is 1. The lowest BCUT2D eigenvalue weighted by atomic mass is 10.1. The molecular weight excluding hydrogens is 488 g/mol. The number of para-hydroxylation sites is 2. The number of carbonyl (C=O) groups excluding carboxylic acids is 2. The van der Waals surface area contributed by atoms with E-state index in [2.05, 4.69) is 20.3 Å². The number of aromatic nitrogens is 3. The molecule has 0 spiro atoms. The van der Waals surface area contributed by atoms with Crippen molar-refractivity contribution in [3.8, 4) is 28.4 Å². The second-order valence-corrected chi connectivity index (χ2v) is 9.06. The predicted molar refractivity (Wildman–Crippen MR) is 144 cm³/mol. The van der Waals surface area contributed by atoms with E-state index in [0.717, 1.165) is 28.0 Å². The van der Waals surface area contributed by atoms with Gasteiger partial charge in [0, 0.05) is 16.5 Å². The SMILES string of the molecule is CCC(OC(=O)c1ccccc1-c1nc2ccccc2[nH]1)C(=O)Nc1nc(-c2ccc(OC)cc2)cs1. The van der Waals surface area contributed by atoms with E-state index in [1.807, 2.05) is 60.0 Å². The molecule has 2 aromatic heterocycles. The highest BCUT2D eigenvalue weighted by Crippen LogP contribution is 2.28. The molecule has 0 aliphatic heterocycles. The number of methoxy groups -OCH3 is 1. The minimum Gasteiger partial charge on any atom is -0.497 e. The van der Waals surface area contributed by atoms with Gasteiger partial charge in [-0.25, -0.2) is 14.8 Å². The van der Waals surface area contributed by atoms with Crippen molar-refractivity contribution < 1.29 is 19.1 Å². The molecule has 0 aliphatic carbocycles. The number of esters is 1. The first-order valence-corrected chi connectivity index (χ1v) is 12.6. The summed E-state index contributed by atoms with van der Waals surface area (Å²) in [4.78, 5) is 38.4. The lowest BCUT2D eigenvalue weighted by Gasteiger charge is -2.16. The third kappa shape index (κ3) is 5.22. The number of hydrogen-bond acceptors (Lipinski definition) is 7. The molecule has 0 aliphatic rings. The monoisotopic (exact) mass is 512 g/mol. The molecule has 1 amide bonds. The van der Waals surface area contributed by atoms with Crippen LogP contribution in [-0.2, 0) is 9.53 Å². The van der Waals surface area contributed by atoms with Crippen LogP contribution in [0.15, 0.2) is 78.2 Å². The molecule has 0 fully saturated rings. The summed E-state index contributed by atoms with van der Waals surface area (Å²) in [5, 5.41) is 5.05. The van der Waals surface area contributed by atoms with Crippen LogP contribution in [0.5, 0.6) is 5.75 Å². The number of H-pyrrole nitrogens is 1. The zero-order chi connectivity index (χ0) is 25.8. The number of carbonyl (C=O) groups is 2. The second-order valence-electron chi connectivity index (χ2n) is 8.21. The molecule has 0 saturated heterocycles. The number of benzene rings is 3. The van der Waals surface area contributed by atoms with Gasteiger partial charge in [-0.15, -0.1) is 11.3 Å². The molecule has 0 saturated carbocycles. The molecule has 1 unspecified atom stereocenters. The zero-order valence-electron chi connectivity index (χ0n) is 20.2. The van der Waals surface area contributed by atoms with E-state index in [1.54, 1.807) is 32.2 Å². The lowest BCUT2D eigenvalue weighted by Crippen LogP contribution is -2.32. The van der Waals surface area contributed by atoms with E-state index in [4.69, 9.17) is 9.47 Å². The normalized spacial score (nSPS) is 11.7. The molecule has 8 nitrogen and oxygen atoms in total. The third-order valence-corrected chi connectivity index (χ3v) is 6.58. The number of anilines is 1. The third-order valence-electron chi connectivity index (χ3n) is 5.82. The van der Waals surface area contributed by atoms with E-state index < -0.39 is 18.0 Å². The summed E-state index contributed by atoms with van der Waals surface area (Å²) in [5.74, 6) is 0.269. The summed E-state index contributed by atoms with van der Waals surface area (Å²) in [6.45, 7) is 1.79. The first kappa shape index (κ1) is 24.2. The van der Waals surface area contributed by atoms with Gasteiger partial charge < -0.3 is 14.5 Å². The van der Waals surface area contributed by atoms with Crippen molar-refractivity contribution >= 4 is 39.4 Å². The van der Waals surface area contributed by atoms with Crippen molar-refractivity contribution in [2.75, 3.05) is 12.4 Å². The van der Waals surface area contributed by atoms with Crippen LogP contribution in [0.1, 0.15) is 23.7 Å². The molecule has 3 aromatic carbocycles. The van der Waals surface area contributed by atoms with Crippen LogP contribution >= 0.6 is 11.3 Å². The van der Waals surface area contributed by atoms with Crippen LogP contribution < -0.4 is 10.1 Å². The molecule has 37 heavy (non-hydrogen) atoms. The Kier molecular flexibility index (Phi) is 6.96. The lowest BCUT2D eigenvalue weighted by molar-refractivity contribution is -0.124. The average molecular weight is 513 g/mol. The van der Waals surface area contributed by atoms with Gasteiger partial charge in [0.25, 0.3) is 5.91 Å². The average Bonchev–Trinajstić information content (AvgIpc) is 3.59. The van der Waals surface area contributed by atoms with Gasteiger partial charge in [-0.3, -0.25) is 10.1 Å². The van der Waals surface area contributed by atoms with Crippen LogP contribution in [0.3, 0.4) is 0 Å². The highest BCUT2D eigenvalue weighted by Gasteiger charge is 2.25. The van der Waals surface area contributed by atoms with Crippen LogP contribution in [0.25, 0.3) is 33.7 Å². The van der Waals surface area contributed by atoms with Crippen molar-refractivity contribution in [3.63, 3.8) is 0 Å². The molecular formula is C28H24N4O4S. The molecule has 5 rings (SSSR count). The number of amides is 1. The maximum absolute atomic E-state index is 13.2.